The number of aromatic nitrogens is 1. The van der Waals surface area contributed by atoms with E-state index in [0.717, 1.165) is 16.3 Å². The summed E-state index contributed by atoms with van der Waals surface area (Å²) in [4.78, 5) is 14.8. The van der Waals surface area contributed by atoms with Gasteiger partial charge in [-0.2, -0.15) is 0 Å². The van der Waals surface area contributed by atoms with Gasteiger partial charge in [0.05, 0.1) is 10.7 Å². The zero-order chi connectivity index (χ0) is 10.7. The number of anilines is 1. The largest absolute Gasteiger partial charge is 0.351 e. The second-order valence-corrected chi connectivity index (χ2v) is 3.82. The Bertz CT molecular complexity index is 467. The summed E-state index contributed by atoms with van der Waals surface area (Å²) in [7, 11) is 0. The van der Waals surface area contributed by atoms with Crippen molar-refractivity contribution in [3.05, 3.63) is 35.8 Å². The van der Waals surface area contributed by atoms with Gasteiger partial charge in [-0.15, -0.1) is 11.3 Å². The molecule has 5 heteroatoms. The molecule has 0 aliphatic heterocycles. The molecular weight excluding hydrogens is 210 g/mol. The third-order valence-corrected chi connectivity index (χ3v) is 2.65. The zero-order valence-corrected chi connectivity index (χ0v) is 8.62. The third-order valence-electron chi connectivity index (χ3n) is 1.81. The van der Waals surface area contributed by atoms with Gasteiger partial charge in [-0.3, -0.25) is 10.3 Å². The molecule has 76 valence electrons. The number of carbonyl (C=O) groups is 1. The Hall–Kier alpha value is -1.88. The predicted molar refractivity (Wildman–Crippen MR) is 60.8 cm³/mol. The lowest BCUT2D eigenvalue weighted by Crippen LogP contribution is -2.18. The van der Waals surface area contributed by atoms with Gasteiger partial charge >= 0.3 is 6.03 Å². The van der Waals surface area contributed by atoms with Gasteiger partial charge in [0.15, 0.2) is 0 Å². The summed E-state index contributed by atoms with van der Waals surface area (Å²) in [6.45, 7) is 0. The fourth-order valence-corrected chi connectivity index (χ4v) is 1.99. The van der Waals surface area contributed by atoms with Gasteiger partial charge in [-0.05, 0) is 18.2 Å². The Kier molecular flexibility index (Phi) is 2.64. The number of primary amides is 1. The lowest BCUT2D eigenvalue weighted by atomic mass is 10.2. The predicted octanol–water partition coefficient (Wildman–Crippen LogP) is 2.30. The highest BCUT2D eigenvalue weighted by Crippen LogP contribution is 2.27. The minimum atomic E-state index is -0.551. The number of hydrogen-bond acceptors (Lipinski definition) is 3. The quantitative estimate of drug-likeness (QED) is 0.813. The molecule has 2 heterocycles. The van der Waals surface area contributed by atoms with Gasteiger partial charge in [-0.1, -0.05) is 6.07 Å². The van der Waals surface area contributed by atoms with Crippen LogP contribution in [0, 0.1) is 0 Å². The van der Waals surface area contributed by atoms with E-state index in [2.05, 4.69) is 10.3 Å². The van der Waals surface area contributed by atoms with Crippen molar-refractivity contribution in [2.75, 3.05) is 5.32 Å². The maximum absolute atomic E-state index is 10.6. The van der Waals surface area contributed by atoms with E-state index < -0.39 is 6.03 Å². The van der Waals surface area contributed by atoms with Crippen LogP contribution in [-0.4, -0.2) is 11.0 Å². The lowest BCUT2D eigenvalue weighted by Gasteiger charge is -1.95. The molecular formula is C10H9N3OS. The van der Waals surface area contributed by atoms with Gasteiger partial charge in [0.25, 0.3) is 0 Å². The number of hydrogen-bond donors (Lipinski definition) is 2. The van der Waals surface area contributed by atoms with Crippen molar-refractivity contribution in [3.63, 3.8) is 0 Å². The number of pyridine rings is 1. The molecule has 0 aliphatic rings. The van der Waals surface area contributed by atoms with Crippen LogP contribution in [0.1, 0.15) is 0 Å². The number of nitrogens with one attached hydrogen (secondary N) is 1. The van der Waals surface area contributed by atoms with Crippen LogP contribution in [0.15, 0.2) is 35.8 Å². The summed E-state index contributed by atoms with van der Waals surface area (Å²) in [5.74, 6) is 0. The molecule has 15 heavy (non-hydrogen) atoms. The first-order valence-electron chi connectivity index (χ1n) is 4.32. The van der Waals surface area contributed by atoms with Crippen LogP contribution < -0.4 is 11.1 Å². The number of amides is 2. The number of urea groups is 1. The molecule has 0 atom stereocenters. The van der Waals surface area contributed by atoms with Crippen molar-refractivity contribution in [2.45, 2.75) is 0 Å². The van der Waals surface area contributed by atoms with E-state index in [9.17, 15) is 4.79 Å². The molecule has 0 saturated heterocycles. The smallest absolute Gasteiger partial charge is 0.317 e. The SMILES string of the molecule is NC(=O)Nc1cc(-c2ccccn2)cs1. The van der Waals surface area contributed by atoms with Crippen molar-refractivity contribution >= 4 is 22.4 Å². The van der Waals surface area contributed by atoms with Gasteiger partial charge in [0.1, 0.15) is 0 Å². The van der Waals surface area contributed by atoms with Gasteiger partial charge < -0.3 is 5.73 Å². The second-order valence-electron chi connectivity index (χ2n) is 2.90. The minimum Gasteiger partial charge on any atom is -0.351 e. The van der Waals surface area contributed by atoms with Crippen LogP contribution in [0.25, 0.3) is 11.3 Å². The molecule has 0 bridgehead atoms. The van der Waals surface area contributed by atoms with Crippen LogP contribution in [0.4, 0.5) is 9.80 Å². The maximum atomic E-state index is 10.6. The third kappa shape index (κ3) is 2.32. The number of rotatable bonds is 2. The Morgan fingerprint density at radius 1 is 1.47 bits per heavy atom. The van der Waals surface area contributed by atoms with Crippen LogP contribution in [0.2, 0.25) is 0 Å². The van der Waals surface area contributed by atoms with E-state index in [1.165, 1.54) is 11.3 Å². The van der Waals surface area contributed by atoms with Crippen LogP contribution in [0.3, 0.4) is 0 Å². The molecule has 2 aromatic heterocycles. The van der Waals surface area contributed by atoms with E-state index in [1.807, 2.05) is 29.6 Å². The topological polar surface area (TPSA) is 68.0 Å². The Morgan fingerprint density at radius 3 is 3.00 bits per heavy atom. The highest BCUT2D eigenvalue weighted by molar-refractivity contribution is 7.14. The van der Waals surface area contributed by atoms with Gasteiger partial charge in [0, 0.05) is 17.1 Å². The van der Waals surface area contributed by atoms with Crippen LogP contribution >= 0.6 is 11.3 Å². The first-order valence-corrected chi connectivity index (χ1v) is 5.20. The number of nitrogens with zero attached hydrogens (tertiary/aromatic N) is 1. The maximum Gasteiger partial charge on any atom is 0.317 e. The molecule has 0 saturated carbocycles. The van der Waals surface area contributed by atoms with E-state index >= 15 is 0 Å². The first kappa shape index (κ1) is 9.67. The van der Waals surface area contributed by atoms with E-state index in [4.69, 9.17) is 5.73 Å². The highest BCUT2D eigenvalue weighted by atomic mass is 32.1. The molecule has 0 radical (unpaired) electrons. The van der Waals surface area contributed by atoms with Crippen molar-refractivity contribution in [3.8, 4) is 11.3 Å². The molecule has 2 aromatic rings. The van der Waals surface area contributed by atoms with Crippen LogP contribution in [0.5, 0.6) is 0 Å². The van der Waals surface area contributed by atoms with E-state index in [0.29, 0.717) is 0 Å². The summed E-state index contributed by atoms with van der Waals surface area (Å²) in [6, 6.07) is 6.98. The molecule has 0 aliphatic carbocycles. The number of thiophene rings is 1. The Morgan fingerprint density at radius 2 is 2.33 bits per heavy atom. The fraction of sp³-hybridized carbons (Fsp3) is 0. The average Bonchev–Trinajstić information content (AvgIpc) is 2.67. The molecule has 3 N–H and O–H groups in total. The lowest BCUT2D eigenvalue weighted by molar-refractivity contribution is 0.259. The highest BCUT2D eigenvalue weighted by Gasteiger charge is 2.03. The van der Waals surface area contributed by atoms with Gasteiger partial charge in [-0.25, -0.2) is 4.79 Å². The van der Waals surface area contributed by atoms with Crippen LogP contribution in [-0.2, 0) is 0 Å². The van der Waals surface area contributed by atoms with E-state index in [1.54, 1.807) is 6.20 Å². The Balaban J connectivity index is 2.24. The average molecular weight is 219 g/mol. The number of nitrogens with two attached hydrogens (primary N) is 1. The molecule has 0 fully saturated rings. The summed E-state index contributed by atoms with van der Waals surface area (Å²) in [5.41, 5.74) is 6.87. The van der Waals surface area contributed by atoms with E-state index in [-0.39, 0.29) is 0 Å². The summed E-state index contributed by atoms with van der Waals surface area (Å²) < 4.78 is 0. The fourth-order valence-electron chi connectivity index (χ4n) is 1.19. The molecule has 2 rings (SSSR count). The van der Waals surface area contributed by atoms with Crippen molar-refractivity contribution in [1.29, 1.82) is 0 Å². The minimum absolute atomic E-state index is 0.551. The second kappa shape index (κ2) is 4.10. The summed E-state index contributed by atoms with van der Waals surface area (Å²) in [6.07, 6.45) is 1.73. The standard InChI is InChI=1S/C10H9N3OS/c11-10(14)13-9-5-7(6-15-9)8-3-1-2-4-12-8/h1-6H,(H3,11,13,14). The normalized spacial score (nSPS) is 9.87. The van der Waals surface area contributed by atoms with Gasteiger partial charge in [0.2, 0.25) is 0 Å². The summed E-state index contributed by atoms with van der Waals surface area (Å²) in [5, 5.41) is 5.17. The molecule has 0 unspecified atom stereocenters. The van der Waals surface area contributed by atoms with Crippen molar-refractivity contribution in [1.82, 2.24) is 4.98 Å². The molecule has 0 spiro atoms. The zero-order valence-electron chi connectivity index (χ0n) is 7.81. The Labute approximate surface area is 90.8 Å². The van der Waals surface area contributed by atoms with Crippen molar-refractivity contribution in [2.24, 2.45) is 5.73 Å². The first-order chi connectivity index (χ1) is 7.25. The molecule has 4 nitrogen and oxygen atoms in total. The molecule has 2 amide bonds. The van der Waals surface area contributed by atoms with Crippen molar-refractivity contribution < 1.29 is 4.79 Å². The summed E-state index contributed by atoms with van der Waals surface area (Å²) >= 11 is 1.42. The molecule has 0 aromatic carbocycles. The number of carbonyl (C=O) groups excluding carboxylic acids is 1. The monoisotopic (exact) mass is 219 g/mol.